The van der Waals surface area contributed by atoms with Crippen molar-refractivity contribution < 1.29 is 73.8 Å². The molecule has 2 aliphatic heterocycles. The van der Waals surface area contributed by atoms with Crippen molar-refractivity contribution in [2.45, 2.75) is 178 Å². The Kier molecular flexibility index (Phi) is 24.5. The van der Waals surface area contributed by atoms with Crippen LogP contribution in [0.1, 0.15) is 110 Å². The van der Waals surface area contributed by atoms with Gasteiger partial charge < -0.3 is 64.2 Å². The van der Waals surface area contributed by atoms with Gasteiger partial charge in [0.1, 0.15) is 55.4 Å². The molecule has 2 heterocycles. The smallest absolute Gasteiger partial charge is 0.306 e. The number of aliphatic hydroxyl groups is 7. The number of esters is 2. The van der Waals surface area contributed by atoms with E-state index in [0.717, 1.165) is 70.6 Å². The zero-order valence-corrected chi connectivity index (χ0v) is 31.5. The molecule has 0 aromatic carbocycles. The van der Waals surface area contributed by atoms with Crippen LogP contribution in [0.2, 0.25) is 0 Å². The third-order valence-corrected chi connectivity index (χ3v) is 9.16. The number of unbranched alkanes of at least 4 members (excludes halogenated alkanes) is 9. The predicted molar refractivity (Wildman–Crippen MR) is 192 cm³/mol. The van der Waals surface area contributed by atoms with Crippen LogP contribution in [0.4, 0.5) is 0 Å². The fourth-order valence-electron chi connectivity index (χ4n) is 5.84. The minimum atomic E-state index is -1.76. The Morgan fingerprint density at radius 1 is 0.604 bits per heavy atom. The van der Waals surface area contributed by atoms with E-state index in [-0.39, 0.29) is 26.1 Å². The van der Waals surface area contributed by atoms with Gasteiger partial charge in [0.15, 0.2) is 18.7 Å². The lowest BCUT2D eigenvalue weighted by Gasteiger charge is -2.42. The molecule has 15 nitrogen and oxygen atoms in total. The van der Waals surface area contributed by atoms with E-state index in [1.807, 2.05) is 0 Å². The second-order valence-electron chi connectivity index (χ2n) is 13.8. The number of hydrogen-bond donors (Lipinski definition) is 7. The SMILES string of the molecule is CCC/C=C\C/C=C\CCCCCCCC(=O)OC(COC(=O)CCCCCC)COC1OC(COC2OC(CO)C(O)C(O)C2O)C(O)C(O)C1O. The van der Waals surface area contributed by atoms with Crippen LogP contribution in [-0.4, -0.2) is 142 Å². The van der Waals surface area contributed by atoms with Crippen LogP contribution in [-0.2, 0) is 38.0 Å². The molecule has 0 bridgehead atoms. The lowest BCUT2D eigenvalue weighted by Crippen LogP contribution is -2.61. The molecule has 2 rings (SSSR count). The monoisotopic (exact) mass is 762 g/mol. The van der Waals surface area contributed by atoms with E-state index >= 15 is 0 Å². The lowest BCUT2D eigenvalue weighted by molar-refractivity contribution is -0.332. The average molecular weight is 763 g/mol. The van der Waals surface area contributed by atoms with Crippen LogP contribution in [0.3, 0.4) is 0 Å². The summed E-state index contributed by atoms with van der Waals surface area (Å²) in [6.07, 6.45) is 4.59. The molecule has 0 aliphatic carbocycles. The molecule has 53 heavy (non-hydrogen) atoms. The van der Waals surface area contributed by atoms with Crippen molar-refractivity contribution in [1.29, 1.82) is 0 Å². The standard InChI is InChI=1S/C38H66O15/c1-3-5-7-9-10-11-12-13-14-15-16-17-19-21-30(41)51-26(23-48-29(40)20-18-8-6-4-2)24-49-37-36(47)34(45)32(43)28(53-37)25-50-38-35(46)33(44)31(42)27(22-39)52-38/h7,9,11-12,26-28,31-39,42-47H,3-6,8,10,13-25H2,1-2H3/b9-7-,12-11-. The van der Waals surface area contributed by atoms with Crippen molar-refractivity contribution in [3.05, 3.63) is 24.3 Å². The molecular formula is C38H66O15. The van der Waals surface area contributed by atoms with Crippen LogP contribution in [0.5, 0.6) is 0 Å². The van der Waals surface area contributed by atoms with E-state index in [1.54, 1.807) is 0 Å². The molecular weight excluding hydrogens is 696 g/mol. The van der Waals surface area contributed by atoms with Gasteiger partial charge in [0.25, 0.3) is 0 Å². The normalized spacial score (nSPS) is 29.8. The van der Waals surface area contributed by atoms with Gasteiger partial charge in [0, 0.05) is 12.8 Å². The zero-order valence-electron chi connectivity index (χ0n) is 31.5. The van der Waals surface area contributed by atoms with Crippen molar-refractivity contribution >= 4 is 11.9 Å². The number of carbonyl (C=O) groups is 2. The molecule has 0 radical (unpaired) electrons. The topological polar surface area (TPSA) is 231 Å². The van der Waals surface area contributed by atoms with Crippen molar-refractivity contribution in [3.8, 4) is 0 Å². The van der Waals surface area contributed by atoms with E-state index in [4.69, 9.17) is 28.4 Å². The van der Waals surface area contributed by atoms with Gasteiger partial charge in [-0.05, 0) is 38.5 Å². The first-order chi connectivity index (χ1) is 25.5. The van der Waals surface area contributed by atoms with Crippen LogP contribution < -0.4 is 0 Å². The lowest BCUT2D eigenvalue weighted by atomic mass is 9.98. The van der Waals surface area contributed by atoms with Gasteiger partial charge in [-0.2, -0.15) is 0 Å². The highest BCUT2D eigenvalue weighted by Gasteiger charge is 2.47. The molecule has 0 spiro atoms. The van der Waals surface area contributed by atoms with Crippen LogP contribution in [0.15, 0.2) is 24.3 Å². The summed E-state index contributed by atoms with van der Waals surface area (Å²) >= 11 is 0. The first-order valence-electron chi connectivity index (χ1n) is 19.4. The number of aliphatic hydroxyl groups excluding tert-OH is 7. The van der Waals surface area contributed by atoms with E-state index in [1.165, 1.54) is 0 Å². The van der Waals surface area contributed by atoms with Gasteiger partial charge in [-0.3, -0.25) is 9.59 Å². The number of allylic oxidation sites excluding steroid dienone is 4. The van der Waals surface area contributed by atoms with E-state index < -0.39 is 92.7 Å². The quantitative estimate of drug-likeness (QED) is 0.0361. The van der Waals surface area contributed by atoms with Crippen molar-refractivity contribution in [2.75, 3.05) is 26.4 Å². The van der Waals surface area contributed by atoms with Crippen LogP contribution >= 0.6 is 0 Å². The van der Waals surface area contributed by atoms with Gasteiger partial charge >= 0.3 is 11.9 Å². The first-order valence-corrected chi connectivity index (χ1v) is 19.4. The molecule has 11 unspecified atom stereocenters. The number of rotatable bonds is 27. The van der Waals surface area contributed by atoms with Gasteiger partial charge in [0.2, 0.25) is 0 Å². The highest BCUT2D eigenvalue weighted by molar-refractivity contribution is 5.70. The molecule has 15 heteroatoms. The number of hydrogen-bond acceptors (Lipinski definition) is 15. The Bertz CT molecular complexity index is 1040. The Morgan fingerprint density at radius 2 is 1.17 bits per heavy atom. The minimum Gasteiger partial charge on any atom is -0.462 e. The maximum atomic E-state index is 12.8. The Morgan fingerprint density at radius 3 is 1.83 bits per heavy atom. The van der Waals surface area contributed by atoms with Gasteiger partial charge in [0.05, 0.1) is 19.8 Å². The summed E-state index contributed by atoms with van der Waals surface area (Å²) in [5.74, 6) is -0.967. The van der Waals surface area contributed by atoms with Crippen LogP contribution in [0.25, 0.3) is 0 Å². The molecule has 11 atom stereocenters. The molecule has 0 amide bonds. The summed E-state index contributed by atoms with van der Waals surface area (Å²) in [6.45, 7) is 2.32. The summed E-state index contributed by atoms with van der Waals surface area (Å²) in [6, 6.07) is 0. The predicted octanol–water partition coefficient (Wildman–Crippen LogP) is 2.09. The third-order valence-electron chi connectivity index (χ3n) is 9.16. The van der Waals surface area contributed by atoms with Gasteiger partial charge in [-0.1, -0.05) is 83.1 Å². The second kappa shape index (κ2) is 27.5. The van der Waals surface area contributed by atoms with Crippen molar-refractivity contribution in [2.24, 2.45) is 0 Å². The van der Waals surface area contributed by atoms with E-state index in [0.29, 0.717) is 12.8 Å². The maximum absolute atomic E-state index is 12.8. The Balaban J connectivity index is 1.88. The van der Waals surface area contributed by atoms with Gasteiger partial charge in [-0.25, -0.2) is 0 Å². The summed E-state index contributed by atoms with van der Waals surface area (Å²) < 4.78 is 33.1. The molecule has 2 fully saturated rings. The van der Waals surface area contributed by atoms with E-state index in [9.17, 15) is 45.3 Å². The molecule has 2 aliphatic rings. The fraction of sp³-hybridized carbons (Fsp3) is 0.842. The minimum absolute atomic E-state index is 0.149. The maximum Gasteiger partial charge on any atom is 0.306 e. The Hall–Kier alpha value is -2.02. The summed E-state index contributed by atoms with van der Waals surface area (Å²) in [5.41, 5.74) is 0. The summed E-state index contributed by atoms with van der Waals surface area (Å²) in [4.78, 5) is 25.1. The highest BCUT2D eigenvalue weighted by Crippen LogP contribution is 2.26. The third kappa shape index (κ3) is 18.0. The molecule has 2 saturated heterocycles. The van der Waals surface area contributed by atoms with Crippen molar-refractivity contribution in [3.63, 3.8) is 0 Å². The second-order valence-corrected chi connectivity index (χ2v) is 13.8. The van der Waals surface area contributed by atoms with Crippen molar-refractivity contribution in [1.82, 2.24) is 0 Å². The molecule has 308 valence electrons. The first kappa shape index (κ1) is 47.1. The molecule has 0 aromatic heterocycles. The summed E-state index contributed by atoms with van der Waals surface area (Å²) in [5, 5.41) is 71.4. The molecule has 0 saturated carbocycles. The average Bonchev–Trinajstić information content (AvgIpc) is 3.15. The van der Waals surface area contributed by atoms with Gasteiger partial charge in [-0.15, -0.1) is 0 Å². The number of ether oxygens (including phenoxy) is 6. The molecule has 0 aromatic rings. The highest BCUT2D eigenvalue weighted by atomic mass is 16.7. The Labute approximate surface area is 313 Å². The van der Waals surface area contributed by atoms with E-state index in [2.05, 4.69) is 38.2 Å². The zero-order chi connectivity index (χ0) is 39.0. The summed E-state index contributed by atoms with van der Waals surface area (Å²) in [7, 11) is 0. The van der Waals surface area contributed by atoms with Crippen LogP contribution in [0, 0.1) is 0 Å². The number of carbonyl (C=O) groups excluding carboxylic acids is 2. The fourth-order valence-corrected chi connectivity index (χ4v) is 5.84. The largest absolute Gasteiger partial charge is 0.462 e. The molecule has 7 N–H and O–H groups in total.